The van der Waals surface area contributed by atoms with Crippen LogP contribution in [0.15, 0.2) is 42.7 Å². The van der Waals surface area contributed by atoms with Crippen LogP contribution in [0, 0.1) is 30.7 Å². The van der Waals surface area contributed by atoms with Gasteiger partial charge in [0.25, 0.3) is 0 Å². The molecule has 4 rings (SSSR count). The molecule has 0 fully saturated rings. The smallest absolute Gasteiger partial charge is 0.163 e. The zero-order chi connectivity index (χ0) is 22.1. The number of carbonyl (C=O) groups is 1. The van der Waals surface area contributed by atoms with Gasteiger partial charge in [-0.2, -0.15) is 10.4 Å². The molecule has 150 valence electrons. The number of rotatable bonds is 4. The minimum atomic E-state index is -0.207. The number of anilines is 1. The highest BCUT2D eigenvalue weighted by molar-refractivity contribution is 6.35. The summed E-state index contributed by atoms with van der Waals surface area (Å²) in [5.41, 5.74) is 3.28. The van der Waals surface area contributed by atoms with Crippen molar-refractivity contribution in [3.05, 3.63) is 64.6 Å². The van der Waals surface area contributed by atoms with Crippen LogP contribution in [0.3, 0.4) is 0 Å². The summed E-state index contributed by atoms with van der Waals surface area (Å²) in [6.07, 6.45) is 8.65. The minimum Gasteiger partial charge on any atom is -0.299 e. The quantitative estimate of drug-likeness (QED) is 0.293. The van der Waals surface area contributed by atoms with Gasteiger partial charge >= 0.3 is 0 Å². The van der Waals surface area contributed by atoms with E-state index in [2.05, 4.69) is 32.5 Å². The highest BCUT2D eigenvalue weighted by Gasteiger charge is 2.20. The number of aromatic nitrogens is 4. The van der Waals surface area contributed by atoms with Crippen molar-refractivity contribution in [3.8, 4) is 35.5 Å². The third kappa shape index (κ3) is 3.59. The first-order chi connectivity index (χ1) is 14.9. The van der Waals surface area contributed by atoms with Crippen molar-refractivity contribution in [1.29, 1.82) is 5.26 Å². The van der Waals surface area contributed by atoms with Crippen molar-refractivity contribution in [2.24, 2.45) is 0 Å². The monoisotopic (exact) mass is 426 g/mol. The molecule has 31 heavy (non-hydrogen) atoms. The number of Topliss-reactive ketones (excluding diaryl/α,β-unsaturated/α-hetero) is 1. The summed E-state index contributed by atoms with van der Waals surface area (Å²) in [6.45, 7) is 3.17. The molecule has 0 radical (unpaired) electrons. The second-order valence-corrected chi connectivity index (χ2v) is 7.21. The molecule has 0 bridgehead atoms. The van der Waals surface area contributed by atoms with E-state index in [9.17, 15) is 10.1 Å². The summed E-state index contributed by atoms with van der Waals surface area (Å²) < 4.78 is 1.50. The number of fused-ring (bicyclic) bond motifs is 1. The molecular weight excluding hydrogens is 412 g/mol. The van der Waals surface area contributed by atoms with Crippen LogP contribution in [0.5, 0.6) is 0 Å². The van der Waals surface area contributed by atoms with Crippen LogP contribution >= 0.6 is 11.6 Å². The lowest BCUT2D eigenvalue weighted by Gasteiger charge is -2.15. The Morgan fingerprint density at radius 2 is 2.13 bits per heavy atom. The number of ketones is 1. The Bertz CT molecular complexity index is 1440. The number of hydrogen-bond acceptors (Lipinski definition) is 6. The third-order valence-electron chi connectivity index (χ3n) is 4.78. The van der Waals surface area contributed by atoms with Gasteiger partial charge < -0.3 is 0 Å². The number of carbonyl (C=O) groups excluding carboxylic acids is 1. The molecule has 3 aromatic heterocycles. The Morgan fingerprint density at radius 1 is 1.32 bits per heavy atom. The van der Waals surface area contributed by atoms with Crippen LogP contribution in [0.4, 0.5) is 5.82 Å². The van der Waals surface area contributed by atoms with Gasteiger partial charge in [-0.1, -0.05) is 24.1 Å². The van der Waals surface area contributed by atoms with E-state index in [0.717, 1.165) is 10.9 Å². The van der Waals surface area contributed by atoms with Crippen LogP contribution in [0.1, 0.15) is 28.5 Å². The summed E-state index contributed by atoms with van der Waals surface area (Å²) >= 11 is 6.49. The Morgan fingerprint density at radius 3 is 2.81 bits per heavy atom. The minimum absolute atomic E-state index is 0.207. The molecule has 0 saturated heterocycles. The summed E-state index contributed by atoms with van der Waals surface area (Å²) in [5, 5.41) is 17.7. The Kier molecular flexibility index (Phi) is 5.12. The van der Waals surface area contributed by atoms with Gasteiger partial charge in [-0.3, -0.25) is 15.1 Å². The molecule has 1 aromatic carbocycles. The fourth-order valence-corrected chi connectivity index (χ4v) is 3.58. The predicted molar refractivity (Wildman–Crippen MR) is 119 cm³/mol. The SMILES string of the molecule is C#CNc1nc(-n2cc(C#N)c(C)n2)c(-c2cc(Cl)c3ncccc3c2)cc1C(C)=O. The average molecular weight is 427 g/mol. The fourth-order valence-electron chi connectivity index (χ4n) is 3.30. The van der Waals surface area contributed by atoms with Crippen molar-refractivity contribution in [1.82, 2.24) is 19.7 Å². The molecule has 0 aliphatic carbocycles. The Hall–Kier alpha value is -4.20. The highest BCUT2D eigenvalue weighted by atomic mass is 35.5. The van der Waals surface area contributed by atoms with Gasteiger partial charge in [0.15, 0.2) is 17.4 Å². The molecule has 8 heteroatoms. The van der Waals surface area contributed by atoms with Gasteiger partial charge in [0.05, 0.1) is 33.6 Å². The van der Waals surface area contributed by atoms with E-state index in [-0.39, 0.29) is 11.6 Å². The van der Waals surface area contributed by atoms with Crippen LogP contribution in [0.25, 0.3) is 27.8 Å². The number of benzene rings is 1. The zero-order valence-corrected chi connectivity index (χ0v) is 17.4. The van der Waals surface area contributed by atoms with Gasteiger partial charge in [-0.05, 0) is 43.7 Å². The number of pyridine rings is 2. The van der Waals surface area contributed by atoms with E-state index < -0.39 is 0 Å². The Labute approximate surface area is 183 Å². The van der Waals surface area contributed by atoms with E-state index in [1.165, 1.54) is 11.6 Å². The Balaban J connectivity index is 2.06. The van der Waals surface area contributed by atoms with Gasteiger partial charge in [0, 0.05) is 23.2 Å². The van der Waals surface area contributed by atoms with Crippen LogP contribution in [-0.2, 0) is 0 Å². The van der Waals surface area contributed by atoms with Gasteiger partial charge in [-0.15, -0.1) is 0 Å². The summed E-state index contributed by atoms with van der Waals surface area (Å²) in [6, 6.07) is 13.5. The number of nitrogens with zero attached hydrogens (tertiary/aromatic N) is 5. The first-order valence-electron chi connectivity index (χ1n) is 9.22. The van der Waals surface area contributed by atoms with E-state index in [4.69, 9.17) is 18.0 Å². The predicted octanol–water partition coefficient (Wildman–Crippen LogP) is 4.52. The largest absolute Gasteiger partial charge is 0.299 e. The molecule has 0 spiro atoms. The second kappa shape index (κ2) is 7.91. The van der Waals surface area contributed by atoms with Crippen LogP contribution < -0.4 is 5.32 Å². The van der Waals surface area contributed by atoms with Crippen LogP contribution in [0.2, 0.25) is 5.02 Å². The molecule has 1 N–H and O–H groups in total. The molecule has 0 saturated carbocycles. The molecule has 0 atom stereocenters. The number of nitrogens with one attached hydrogen (secondary N) is 1. The molecule has 4 aromatic rings. The molecule has 7 nitrogen and oxygen atoms in total. The van der Waals surface area contributed by atoms with Gasteiger partial charge in [0.1, 0.15) is 6.07 Å². The molecule has 0 unspecified atom stereocenters. The van der Waals surface area contributed by atoms with Gasteiger partial charge in [-0.25, -0.2) is 9.67 Å². The maximum Gasteiger partial charge on any atom is 0.163 e. The average Bonchev–Trinajstić information content (AvgIpc) is 3.14. The van der Waals surface area contributed by atoms with Crippen molar-refractivity contribution in [2.45, 2.75) is 13.8 Å². The molecule has 0 amide bonds. The first-order valence-corrected chi connectivity index (χ1v) is 9.59. The molecule has 0 aliphatic rings. The number of aryl methyl sites for hydroxylation is 1. The van der Waals surface area contributed by atoms with Crippen molar-refractivity contribution >= 4 is 34.1 Å². The van der Waals surface area contributed by atoms with E-state index >= 15 is 0 Å². The molecule has 3 heterocycles. The van der Waals surface area contributed by atoms with Crippen molar-refractivity contribution in [2.75, 3.05) is 5.32 Å². The topological polar surface area (TPSA) is 96.5 Å². The van der Waals surface area contributed by atoms with Crippen molar-refractivity contribution in [3.63, 3.8) is 0 Å². The summed E-state index contributed by atoms with van der Waals surface area (Å²) in [5.74, 6) is 0.418. The zero-order valence-electron chi connectivity index (χ0n) is 16.6. The maximum atomic E-state index is 12.3. The number of hydrogen-bond donors (Lipinski definition) is 1. The lowest BCUT2D eigenvalue weighted by atomic mass is 10.0. The van der Waals surface area contributed by atoms with E-state index in [0.29, 0.717) is 38.7 Å². The lowest BCUT2D eigenvalue weighted by Crippen LogP contribution is -2.09. The third-order valence-corrected chi connectivity index (χ3v) is 5.07. The van der Waals surface area contributed by atoms with Crippen molar-refractivity contribution < 1.29 is 4.79 Å². The number of nitriles is 1. The highest BCUT2D eigenvalue weighted by Crippen LogP contribution is 2.34. The van der Waals surface area contributed by atoms with E-state index in [1.54, 1.807) is 31.5 Å². The van der Waals surface area contributed by atoms with Crippen LogP contribution in [-0.4, -0.2) is 25.5 Å². The molecule has 0 aliphatic heterocycles. The van der Waals surface area contributed by atoms with E-state index in [1.807, 2.05) is 18.2 Å². The maximum absolute atomic E-state index is 12.3. The summed E-state index contributed by atoms with van der Waals surface area (Å²) in [7, 11) is 0. The number of terminal acetylenes is 1. The lowest BCUT2D eigenvalue weighted by molar-refractivity contribution is 0.101. The van der Waals surface area contributed by atoms with Gasteiger partial charge in [0.2, 0.25) is 0 Å². The summed E-state index contributed by atoms with van der Waals surface area (Å²) in [4.78, 5) is 21.2. The normalized spacial score (nSPS) is 10.5. The second-order valence-electron chi connectivity index (χ2n) is 6.80. The standard InChI is InChI=1S/C23H15ClN6O/c1-4-26-22-18(14(3)31)10-19(23(28-22)30-12-17(11-25)13(2)29-30)16-8-15-6-5-7-27-21(15)20(24)9-16/h1,5-10,12H,2-3H3,(H,26,28). The first kappa shape index (κ1) is 20.1. The molecular formula is C23H15ClN6O. The fraction of sp³-hybridized carbons (Fsp3) is 0.0870. The number of halogens is 1.